The molecule has 43 heavy (non-hydrogen) atoms. The van der Waals surface area contributed by atoms with Gasteiger partial charge in [-0.2, -0.15) is 0 Å². The molecule has 0 atom stereocenters. The van der Waals surface area contributed by atoms with Crippen molar-refractivity contribution in [2.75, 3.05) is 0 Å². The summed E-state index contributed by atoms with van der Waals surface area (Å²) in [6.45, 7) is 5.64. The first-order valence-corrected chi connectivity index (χ1v) is 18.5. The number of carbonyl (C=O) groups excluding carboxylic acids is 1. The summed E-state index contributed by atoms with van der Waals surface area (Å²) >= 11 is 0. The summed E-state index contributed by atoms with van der Waals surface area (Å²) in [5.74, 6) is -1.39. The molecule has 5 heteroatoms. The van der Waals surface area contributed by atoms with Crippen LogP contribution in [0.15, 0.2) is 12.7 Å². The van der Waals surface area contributed by atoms with Crippen molar-refractivity contribution in [2.45, 2.75) is 212 Å². The van der Waals surface area contributed by atoms with Crippen LogP contribution in [0.25, 0.3) is 0 Å². The molecule has 254 valence electrons. The maximum absolute atomic E-state index is 10.7. The zero-order valence-electron chi connectivity index (χ0n) is 28.5. The lowest BCUT2D eigenvalue weighted by molar-refractivity contribution is -0.138. The summed E-state index contributed by atoms with van der Waals surface area (Å²) in [4.78, 5) is 31.2. The van der Waals surface area contributed by atoms with Gasteiger partial charge in [-0.3, -0.25) is 14.4 Å². The Balaban J connectivity index is 0. The molecule has 0 saturated carbocycles. The Morgan fingerprint density at radius 2 is 0.605 bits per heavy atom. The molecule has 0 spiro atoms. The molecular weight excluding hydrogens is 536 g/mol. The summed E-state index contributed by atoms with van der Waals surface area (Å²) in [5.41, 5.74) is 0. The summed E-state index contributed by atoms with van der Waals surface area (Å²) < 4.78 is 0. The lowest BCUT2D eigenvalue weighted by Gasteiger charge is -2.04. The van der Waals surface area contributed by atoms with Gasteiger partial charge in [-0.1, -0.05) is 180 Å². The minimum Gasteiger partial charge on any atom is -0.481 e. The molecule has 0 aliphatic rings. The van der Waals surface area contributed by atoms with Gasteiger partial charge < -0.3 is 10.2 Å². The van der Waals surface area contributed by atoms with Crippen LogP contribution in [-0.4, -0.2) is 27.9 Å². The van der Waals surface area contributed by atoms with E-state index in [1.807, 2.05) is 0 Å². The highest BCUT2D eigenvalue weighted by Gasteiger charge is 1.99. The zero-order chi connectivity index (χ0) is 32.1. The molecule has 0 aromatic rings. The monoisotopic (exact) mass is 609 g/mol. The van der Waals surface area contributed by atoms with Gasteiger partial charge in [0.1, 0.15) is 0 Å². The number of allylic oxidation sites excluding steroid dienone is 1. The summed E-state index contributed by atoms with van der Waals surface area (Å²) in [6.07, 6.45) is 40.7. The van der Waals surface area contributed by atoms with Crippen molar-refractivity contribution < 1.29 is 24.6 Å². The molecule has 0 rings (SSSR count). The number of rotatable bonds is 34. The van der Waals surface area contributed by atoms with Gasteiger partial charge in [0.15, 0.2) is 5.78 Å². The molecule has 0 radical (unpaired) electrons. The maximum Gasteiger partial charge on any atom is 0.303 e. The van der Waals surface area contributed by atoms with E-state index < -0.39 is 11.9 Å². The second-order valence-electron chi connectivity index (χ2n) is 12.6. The molecule has 0 aromatic heterocycles. The molecule has 0 aliphatic carbocycles. The molecule has 2 N–H and O–H groups in total. The van der Waals surface area contributed by atoms with Gasteiger partial charge in [0.05, 0.1) is 0 Å². The first-order chi connectivity index (χ1) is 20.9. The Hall–Kier alpha value is -1.65. The minimum absolute atomic E-state index is 0.0327. The number of carboxylic acid groups (broad SMARTS) is 2. The van der Waals surface area contributed by atoms with Gasteiger partial charge in [-0.05, 0) is 25.3 Å². The average molecular weight is 609 g/mol. The first kappa shape index (κ1) is 43.5. The van der Waals surface area contributed by atoms with E-state index in [-0.39, 0.29) is 12.2 Å². The predicted octanol–water partition coefficient (Wildman–Crippen LogP) is 12.4. The van der Waals surface area contributed by atoms with E-state index in [4.69, 9.17) is 10.2 Å². The quantitative estimate of drug-likeness (QED) is 0.0560. The lowest BCUT2D eigenvalue weighted by atomic mass is 10.0. The lowest BCUT2D eigenvalue weighted by Crippen LogP contribution is -1.95. The van der Waals surface area contributed by atoms with Gasteiger partial charge in [0.2, 0.25) is 0 Å². The number of unbranched alkanes of at least 4 members (excludes halogenated alkanes) is 27. The molecule has 0 heterocycles. The molecule has 0 saturated heterocycles. The highest BCUT2D eigenvalue weighted by molar-refractivity contribution is 5.88. The molecule has 0 fully saturated rings. The maximum atomic E-state index is 10.7. The summed E-state index contributed by atoms with van der Waals surface area (Å²) in [6, 6.07) is 0. The van der Waals surface area contributed by atoms with Crippen molar-refractivity contribution in [3.63, 3.8) is 0 Å². The van der Waals surface area contributed by atoms with E-state index in [9.17, 15) is 14.4 Å². The molecule has 5 nitrogen and oxygen atoms in total. The normalized spacial score (nSPS) is 10.7. The zero-order valence-corrected chi connectivity index (χ0v) is 28.5. The molecule has 0 bridgehead atoms. The van der Waals surface area contributed by atoms with Crippen molar-refractivity contribution in [2.24, 2.45) is 0 Å². The van der Waals surface area contributed by atoms with Crippen LogP contribution in [0, 0.1) is 0 Å². The molecule has 0 aliphatic heterocycles. The minimum atomic E-state index is -0.773. The van der Waals surface area contributed by atoms with Crippen LogP contribution in [-0.2, 0) is 14.4 Å². The van der Waals surface area contributed by atoms with Crippen molar-refractivity contribution in [3.05, 3.63) is 12.7 Å². The molecule has 0 unspecified atom stereocenters. The molecule has 0 amide bonds. The first-order valence-electron chi connectivity index (χ1n) is 18.5. The van der Waals surface area contributed by atoms with E-state index in [1.165, 1.54) is 160 Å². The SMILES string of the molecule is C=CC(=O)CCCCCC(=O)O.CCCCCCCCCCCCCCCCCCCCCCCCCCCCC(=O)O. The molecule has 0 aromatic carbocycles. The van der Waals surface area contributed by atoms with Gasteiger partial charge in [-0.25, -0.2) is 0 Å². The number of ketones is 1. The van der Waals surface area contributed by atoms with Crippen LogP contribution < -0.4 is 0 Å². The molecular formula is C38H72O5. The average Bonchev–Trinajstić information content (AvgIpc) is 2.98. The Labute approximate surface area is 267 Å². The van der Waals surface area contributed by atoms with Crippen LogP contribution in [0.3, 0.4) is 0 Å². The number of carboxylic acids is 2. The highest BCUT2D eigenvalue weighted by atomic mass is 16.4. The predicted molar refractivity (Wildman–Crippen MR) is 184 cm³/mol. The highest BCUT2D eigenvalue weighted by Crippen LogP contribution is 2.16. The fourth-order valence-corrected chi connectivity index (χ4v) is 5.45. The second kappa shape index (κ2) is 38.4. The second-order valence-corrected chi connectivity index (χ2v) is 12.6. The fraction of sp³-hybridized carbons (Fsp3) is 0.868. The largest absolute Gasteiger partial charge is 0.481 e. The third-order valence-electron chi connectivity index (χ3n) is 8.29. The Kier molecular flexibility index (Phi) is 38.8. The van der Waals surface area contributed by atoms with E-state index in [0.29, 0.717) is 19.3 Å². The van der Waals surface area contributed by atoms with Gasteiger partial charge >= 0.3 is 11.9 Å². The van der Waals surface area contributed by atoms with E-state index in [0.717, 1.165) is 25.7 Å². The van der Waals surface area contributed by atoms with Crippen molar-refractivity contribution >= 4 is 17.7 Å². The van der Waals surface area contributed by atoms with E-state index >= 15 is 0 Å². The number of carbonyl (C=O) groups is 3. The van der Waals surface area contributed by atoms with Crippen LogP contribution in [0.5, 0.6) is 0 Å². The summed E-state index contributed by atoms with van der Waals surface area (Å²) in [7, 11) is 0. The Morgan fingerprint density at radius 1 is 0.395 bits per heavy atom. The number of hydrogen-bond donors (Lipinski definition) is 2. The topological polar surface area (TPSA) is 91.7 Å². The van der Waals surface area contributed by atoms with E-state index in [2.05, 4.69) is 13.5 Å². The van der Waals surface area contributed by atoms with Crippen molar-refractivity contribution in [1.29, 1.82) is 0 Å². The van der Waals surface area contributed by atoms with Gasteiger partial charge in [0, 0.05) is 19.3 Å². The third kappa shape index (κ3) is 44.9. The Morgan fingerprint density at radius 3 is 0.837 bits per heavy atom. The summed E-state index contributed by atoms with van der Waals surface area (Å²) in [5, 5.41) is 16.9. The standard InChI is InChI=1S/C29H58O2.C9H14O3/c1-2-3-4-5-6-7-8-9-10-11-12-13-14-15-16-17-18-19-20-21-22-23-24-25-26-27-28-29(30)31;1-2-8(10)6-4-3-5-7-9(11)12/h2-28H2,1H3,(H,30,31);2H,1,3-7H2,(H,11,12). The van der Waals surface area contributed by atoms with Crippen molar-refractivity contribution in [3.8, 4) is 0 Å². The number of hydrogen-bond acceptors (Lipinski definition) is 3. The van der Waals surface area contributed by atoms with Gasteiger partial charge in [-0.15, -0.1) is 0 Å². The van der Waals surface area contributed by atoms with Crippen LogP contribution in [0.4, 0.5) is 0 Å². The van der Waals surface area contributed by atoms with Crippen molar-refractivity contribution in [1.82, 2.24) is 0 Å². The van der Waals surface area contributed by atoms with Crippen LogP contribution in [0.1, 0.15) is 212 Å². The smallest absolute Gasteiger partial charge is 0.303 e. The van der Waals surface area contributed by atoms with Crippen LogP contribution >= 0.6 is 0 Å². The third-order valence-corrected chi connectivity index (χ3v) is 8.29. The Bertz CT molecular complexity index is 615. The van der Waals surface area contributed by atoms with E-state index in [1.54, 1.807) is 0 Å². The number of aliphatic carboxylic acids is 2. The van der Waals surface area contributed by atoms with Gasteiger partial charge in [0.25, 0.3) is 0 Å². The fourth-order valence-electron chi connectivity index (χ4n) is 5.45. The van der Waals surface area contributed by atoms with Crippen LogP contribution in [0.2, 0.25) is 0 Å².